The van der Waals surface area contributed by atoms with Crippen LogP contribution in [-0.4, -0.2) is 24.4 Å². The van der Waals surface area contributed by atoms with E-state index in [4.69, 9.17) is 28.6 Å². The molecule has 5 heteroatoms. The third kappa shape index (κ3) is 4.06. The highest BCUT2D eigenvalue weighted by molar-refractivity contribution is 7.80. The van der Waals surface area contributed by atoms with Crippen LogP contribution >= 0.6 is 23.8 Å². The van der Waals surface area contributed by atoms with E-state index in [-0.39, 0.29) is 6.10 Å². The first-order chi connectivity index (χ1) is 9.06. The van der Waals surface area contributed by atoms with Crippen LogP contribution < -0.4 is 10.6 Å². The van der Waals surface area contributed by atoms with Gasteiger partial charge in [0.1, 0.15) is 0 Å². The van der Waals surface area contributed by atoms with Crippen molar-refractivity contribution in [2.75, 3.05) is 18.5 Å². The van der Waals surface area contributed by atoms with Gasteiger partial charge in [0.25, 0.3) is 0 Å². The zero-order chi connectivity index (χ0) is 13.8. The van der Waals surface area contributed by atoms with Crippen molar-refractivity contribution in [2.24, 2.45) is 0 Å². The first-order valence-corrected chi connectivity index (χ1v) is 7.28. The fourth-order valence-electron chi connectivity index (χ4n) is 2.24. The van der Waals surface area contributed by atoms with Crippen LogP contribution in [0.5, 0.6) is 0 Å². The maximum atomic E-state index is 6.23. The van der Waals surface area contributed by atoms with Gasteiger partial charge in [0.2, 0.25) is 0 Å². The summed E-state index contributed by atoms with van der Waals surface area (Å²) in [5, 5.41) is 7.62. The zero-order valence-electron chi connectivity index (χ0n) is 11.3. The fraction of sp³-hybridized carbons (Fsp3) is 0.500. The van der Waals surface area contributed by atoms with E-state index in [0.29, 0.717) is 10.1 Å². The minimum atomic E-state index is 0.273. The minimum absolute atomic E-state index is 0.273. The van der Waals surface area contributed by atoms with Crippen LogP contribution in [0.3, 0.4) is 0 Å². The van der Waals surface area contributed by atoms with Crippen LogP contribution in [-0.2, 0) is 4.74 Å². The molecule has 1 aliphatic rings. The van der Waals surface area contributed by atoms with Crippen molar-refractivity contribution in [1.29, 1.82) is 0 Å². The van der Waals surface area contributed by atoms with Gasteiger partial charge >= 0.3 is 0 Å². The van der Waals surface area contributed by atoms with Gasteiger partial charge in [-0.15, -0.1) is 0 Å². The molecule has 1 saturated heterocycles. The molecular weight excluding hydrogens is 280 g/mol. The number of ether oxygens (including phenoxy) is 1. The first-order valence-electron chi connectivity index (χ1n) is 6.49. The summed E-state index contributed by atoms with van der Waals surface area (Å²) < 4.78 is 5.54. The molecule has 2 N–H and O–H groups in total. The Kier molecular flexibility index (Phi) is 5.02. The average molecular weight is 299 g/mol. The summed E-state index contributed by atoms with van der Waals surface area (Å²) >= 11 is 11.5. The monoisotopic (exact) mass is 298 g/mol. The standard InChI is InChI=1S/C14H19ClN2OS/c1-9-6-10(2)13(12(15)7-9)17-14(19)16-8-11-4-3-5-18-11/h6-7,11H,3-5,8H2,1-2H3,(H2,16,17,19). The average Bonchev–Trinajstić information content (AvgIpc) is 2.84. The van der Waals surface area contributed by atoms with Crippen molar-refractivity contribution in [2.45, 2.75) is 32.8 Å². The molecule has 1 fully saturated rings. The predicted molar refractivity (Wildman–Crippen MR) is 84.1 cm³/mol. The second kappa shape index (κ2) is 6.55. The minimum Gasteiger partial charge on any atom is -0.376 e. The van der Waals surface area contributed by atoms with Gasteiger partial charge in [-0.2, -0.15) is 0 Å². The van der Waals surface area contributed by atoms with Crippen molar-refractivity contribution < 1.29 is 4.74 Å². The van der Waals surface area contributed by atoms with Crippen molar-refractivity contribution in [3.05, 3.63) is 28.3 Å². The molecule has 0 radical (unpaired) electrons. The number of halogens is 1. The van der Waals surface area contributed by atoms with Crippen molar-refractivity contribution in [3.63, 3.8) is 0 Å². The van der Waals surface area contributed by atoms with E-state index in [0.717, 1.165) is 42.8 Å². The highest BCUT2D eigenvalue weighted by atomic mass is 35.5. The highest BCUT2D eigenvalue weighted by Gasteiger charge is 2.15. The van der Waals surface area contributed by atoms with Crippen molar-refractivity contribution in [1.82, 2.24) is 5.32 Å². The Balaban J connectivity index is 1.91. The third-order valence-corrected chi connectivity index (χ3v) is 3.73. The summed E-state index contributed by atoms with van der Waals surface area (Å²) in [6.45, 7) is 5.64. The molecule has 0 amide bonds. The molecule has 2 rings (SSSR count). The second-order valence-corrected chi connectivity index (χ2v) is 5.72. The first kappa shape index (κ1) is 14.6. The quantitative estimate of drug-likeness (QED) is 0.838. The van der Waals surface area contributed by atoms with E-state index in [1.165, 1.54) is 0 Å². The number of hydrogen-bond acceptors (Lipinski definition) is 2. The van der Waals surface area contributed by atoms with Gasteiger partial charge in [0.15, 0.2) is 5.11 Å². The molecule has 1 atom stereocenters. The normalized spacial score (nSPS) is 18.4. The molecule has 1 aliphatic heterocycles. The summed E-state index contributed by atoms with van der Waals surface area (Å²) in [6, 6.07) is 4.01. The zero-order valence-corrected chi connectivity index (χ0v) is 12.8. The van der Waals surface area contributed by atoms with Crippen molar-refractivity contribution >= 4 is 34.6 Å². The molecule has 1 heterocycles. The summed E-state index contributed by atoms with van der Waals surface area (Å²) in [4.78, 5) is 0. The fourth-order valence-corrected chi connectivity index (χ4v) is 2.80. The molecule has 19 heavy (non-hydrogen) atoms. The lowest BCUT2D eigenvalue weighted by molar-refractivity contribution is 0.114. The van der Waals surface area contributed by atoms with Crippen LogP contribution in [0.4, 0.5) is 5.69 Å². The summed E-state index contributed by atoms with van der Waals surface area (Å²) in [5.41, 5.74) is 3.11. The molecule has 0 aliphatic carbocycles. The predicted octanol–water partition coefficient (Wildman–Crippen LogP) is 3.42. The molecule has 0 saturated carbocycles. The van der Waals surface area contributed by atoms with E-state index < -0.39 is 0 Å². The highest BCUT2D eigenvalue weighted by Crippen LogP contribution is 2.27. The third-order valence-electron chi connectivity index (χ3n) is 3.18. The van der Waals surface area contributed by atoms with E-state index >= 15 is 0 Å². The Bertz CT molecular complexity index is 450. The van der Waals surface area contributed by atoms with Crippen LogP contribution in [0.15, 0.2) is 12.1 Å². The number of aryl methyl sites for hydroxylation is 2. The molecule has 1 aromatic rings. The Morgan fingerprint density at radius 1 is 1.47 bits per heavy atom. The van der Waals surface area contributed by atoms with E-state index in [1.54, 1.807) is 0 Å². The summed E-state index contributed by atoms with van der Waals surface area (Å²) in [7, 11) is 0. The summed E-state index contributed by atoms with van der Waals surface area (Å²) in [5.74, 6) is 0. The van der Waals surface area contributed by atoms with Gasteiger partial charge in [-0.3, -0.25) is 0 Å². The van der Waals surface area contributed by atoms with Crippen LogP contribution in [0.2, 0.25) is 5.02 Å². The lowest BCUT2D eigenvalue weighted by atomic mass is 10.1. The van der Waals surface area contributed by atoms with E-state index in [9.17, 15) is 0 Å². The molecule has 0 spiro atoms. The lowest BCUT2D eigenvalue weighted by Crippen LogP contribution is -2.35. The molecule has 3 nitrogen and oxygen atoms in total. The van der Waals surface area contributed by atoms with E-state index in [2.05, 4.69) is 16.7 Å². The van der Waals surface area contributed by atoms with Gasteiger partial charge in [0.05, 0.1) is 16.8 Å². The van der Waals surface area contributed by atoms with Gasteiger partial charge in [-0.05, 0) is 56.1 Å². The lowest BCUT2D eigenvalue weighted by Gasteiger charge is -2.16. The van der Waals surface area contributed by atoms with Crippen LogP contribution in [0.1, 0.15) is 24.0 Å². The van der Waals surface area contributed by atoms with Gasteiger partial charge in [0, 0.05) is 13.2 Å². The molecular formula is C14H19ClN2OS. The van der Waals surface area contributed by atoms with Crippen LogP contribution in [0.25, 0.3) is 0 Å². The summed E-state index contributed by atoms with van der Waals surface area (Å²) in [6.07, 6.45) is 2.50. The largest absolute Gasteiger partial charge is 0.376 e. The van der Waals surface area contributed by atoms with E-state index in [1.807, 2.05) is 19.9 Å². The molecule has 1 aromatic carbocycles. The Hall–Kier alpha value is -0.840. The Morgan fingerprint density at radius 3 is 2.89 bits per heavy atom. The van der Waals surface area contributed by atoms with Gasteiger partial charge in [-0.1, -0.05) is 17.7 Å². The Labute approximate surface area is 124 Å². The number of rotatable bonds is 3. The molecule has 0 bridgehead atoms. The van der Waals surface area contributed by atoms with Gasteiger partial charge < -0.3 is 15.4 Å². The maximum absolute atomic E-state index is 6.23. The van der Waals surface area contributed by atoms with Crippen LogP contribution in [0, 0.1) is 13.8 Å². The maximum Gasteiger partial charge on any atom is 0.170 e. The second-order valence-electron chi connectivity index (χ2n) is 4.91. The molecule has 1 unspecified atom stereocenters. The topological polar surface area (TPSA) is 33.3 Å². The Morgan fingerprint density at radius 2 is 2.26 bits per heavy atom. The number of hydrogen-bond donors (Lipinski definition) is 2. The number of nitrogens with one attached hydrogen (secondary N) is 2. The van der Waals surface area contributed by atoms with Crippen molar-refractivity contribution in [3.8, 4) is 0 Å². The SMILES string of the molecule is Cc1cc(C)c(NC(=S)NCC2CCCO2)c(Cl)c1. The number of anilines is 1. The smallest absolute Gasteiger partial charge is 0.170 e. The molecule has 0 aromatic heterocycles. The van der Waals surface area contributed by atoms with Gasteiger partial charge in [-0.25, -0.2) is 0 Å². The molecule has 104 valence electrons. The number of thiocarbonyl (C=S) groups is 1. The number of benzene rings is 1.